The van der Waals surface area contributed by atoms with Crippen molar-refractivity contribution in [2.75, 3.05) is 0 Å². The van der Waals surface area contributed by atoms with Crippen molar-refractivity contribution in [3.63, 3.8) is 0 Å². The van der Waals surface area contributed by atoms with E-state index in [1.54, 1.807) is 0 Å². The van der Waals surface area contributed by atoms with E-state index in [0.717, 1.165) is 72.3 Å². The molecule has 0 radical (unpaired) electrons. The topological polar surface area (TPSA) is 77.6 Å². The molecule has 0 bridgehead atoms. The molecule has 6 heteroatoms. The summed E-state index contributed by atoms with van der Waals surface area (Å²) in [5.74, 6) is 2.44. The second kappa shape index (κ2) is 14.3. The number of aromatic nitrogens is 5. The molecule has 0 saturated carbocycles. The van der Waals surface area contributed by atoms with Crippen LogP contribution in [0.25, 0.3) is 101 Å². The zero-order valence-electron chi connectivity index (χ0n) is 31.4. The van der Waals surface area contributed by atoms with Crippen molar-refractivity contribution in [1.29, 1.82) is 0 Å². The maximum absolute atomic E-state index is 6.50. The zero-order chi connectivity index (χ0) is 38.3. The molecule has 3 aromatic heterocycles. The van der Waals surface area contributed by atoms with E-state index in [2.05, 4.69) is 92.7 Å². The van der Waals surface area contributed by atoms with Gasteiger partial charge in [0.2, 0.25) is 0 Å². The molecule has 0 aliphatic rings. The summed E-state index contributed by atoms with van der Waals surface area (Å²) in [7, 11) is 0. The van der Waals surface area contributed by atoms with Crippen LogP contribution in [-0.2, 0) is 0 Å². The van der Waals surface area contributed by atoms with Crippen LogP contribution in [0.1, 0.15) is 11.1 Å². The minimum Gasteiger partial charge on any atom is -0.456 e. The molecular weight excluding hydrogens is 699 g/mol. The van der Waals surface area contributed by atoms with Crippen LogP contribution in [0.2, 0.25) is 0 Å². The maximum Gasteiger partial charge on any atom is 0.164 e. The van der Waals surface area contributed by atoms with Crippen LogP contribution in [0.15, 0.2) is 180 Å². The van der Waals surface area contributed by atoms with Gasteiger partial charge in [-0.25, -0.2) is 24.9 Å². The molecule has 7 aromatic carbocycles. The lowest BCUT2D eigenvalue weighted by molar-refractivity contribution is 0.669. The molecule has 0 spiro atoms. The predicted octanol–water partition coefficient (Wildman–Crippen LogP) is 12.8. The number of rotatable bonds is 7. The van der Waals surface area contributed by atoms with Crippen LogP contribution in [0.4, 0.5) is 0 Å². The second-order valence-electron chi connectivity index (χ2n) is 14.2. The van der Waals surface area contributed by atoms with Crippen molar-refractivity contribution in [2.24, 2.45) is 0 Å². The van der Waals surface area contributed by atoms with E-state index in [1.807, 2.05) is 97.1 Å². The molecule has 0 aliphatic carbocycles. The van der Waals surface area contributed by atoms with E-state index in [9.17, 15) is 0 Å². The first kappa shape index (κ1) is 34.0. The normalized spacial score (nSPS) is 11.3. The van der Waals surface area contributed by atoms with Crippen molar-refractivity contribution >= 4 is 21.9 Å². The van der Waals surface area contributed by atoms with Gasteiger partial charge in [0, 0.05) is 44.2 Å². The van der Waals surface area contributed by atoms with E-state index in [4.69, 9.17) is 29.3 Å². The fraction of sp³-hybridized carbons (Fsp3) is 0.0392. The fourth-order valence-electron chi connectivity index (χ4n) is 7.56. The van der Waals surface area contributed by atoms with Crippen molar-refractivity contribution in [1.82, 2.24) is 24.9 Å². The lowest BCUT2D eigenvalue weighted by atomic mass is 9.95. The summed E-state index contributed by atoms with van der Waals surface area (Å²) in [5.41, 5.74) is 13.6. The molecule has 10 aromatic rings. The molecule has 0 unspecified atom stereocenters. The second-order valence-corrected chi connectivity index (χ2v) is 14.2. The summed E-state index contributed by atoms with van der Waals surface area (Å²) in [6.07, 6.45) is 0. The first-order chi connectivity index (χ1) is 28.1. The molecular formula is C51H35N5O. The average molecular weight is 734 g/mol. The van der Waals surface area contributed by atoms with Crippen LogP contribution < -0.4 is 0 Å². The highest BCUT2D eigenvalue weighted by molar-refractivity contribution is 6.12. The van der Waals surface area contributed by atoms with E-state index < -0.39 is 0 Å². The van der Waals surface area contributed by atoms with Gasteiger partial charge in [0.25, 0.3) is 0 Å². The number of nitrogens with zero attached hydrogens (tertiary/aromatic N) is 5. The van der Waals surface area contributed by atoms with E-state index in [-0.39, 0.29) is 0 Å². The van der Waals surface area contributed by atoms with Gasteiger partial charge in [0.1, 0.15) is 11.2 Å². The average Bonchev–Trinajstić information content (AvgIpc) is 3.66. The Balaban J connectivity index is 1.14. The molecule has 10 rings (SSSR count). The lowest BCUT2D eigenvalue weighted by Crippen LogP contribution is -2.01. The van der Waals surface area contributed by atoms with E-state index in [0.29, 0.717) is 23.3 Å². The Morgan fingerprint density at radius 1 is 0.333 bits per heavy atom. The van der Waals surface area contributed by atoms with Crippen LogP contribution >= 0.6 is 0 Å². The summed E-state index contributed by atoms with van der Waals surface area (Å²) < 4.78 is 6.50. The Hall–Kier alpha value is -7.57. The van der Waals surface area contributed by atoms with Gasteiger partial charge in [0.15, 0.2) is 23.3 Å². The first-order valence-corrected chi connectivity index (χ1v) is 19.0. The van der Waals surface area contributed by atoms with Gasteiger partial charge in [-0.1, -0.05) is 140 Å². The third-order valence-corrected chi connectivity index (χ3v) is 10.4. The highest BCUT2D eigenvalue weighted by Gasteiger charge is 2.20. The van der Waals surface area contributed by atoms with Gasteiger partial charge in [-0.05, 0) is 72.5 Å². The third-order valence-electron chi connectivity index (χ3n) is 10.4. The van der Waals surface area contributed by atoms with Gasteiger partial charge in [-0.3, -0.25) is 0 Å². The number of benzene rings is 7. The fourth-order valence-corrected chi connectivity index (χ4v) is 7.56. The molecule has 6 nitrogen and oxygen atoms in total. The Morgan fingerprint density at radius 2 is 0.877 bits per heavy atom. The molecule has 0 N–H and O–H groups in total. The van der Waals surface area contributed by atoms with Gasteiger partial charge >= 0.3 is 0 Å². The molecule has 0 fully saturated rings. The largest absolute Gasteiger partial charge is 0.456 e. The summed E-state index contributed by atoms with van der Waals surface area (Å²) in [5, 5.41) is 1.87. The Bertz CT molecular complexity index is 3030. The third kappa shape index (κ3) is 6.43. The maximum atomic E-state index is 6.50. The SMILES string of the molecule is Cc1ccccc1-c1ccc(-c2nc(-c3ccccc3)nc(-c3cccc4oc5ccc(-c6cc(-c7ccccc7)nc(-c7ccccc7)n6)cc5c34)n2)cc1C. The summed E-state index contributed by atoms with van der Waals surface area (Å²) in [4.78, 5) is 25.5. The molecule has 0 aliphatic heterocycles. The summed E-state index contributed by atoms with van der Waals surface area (Å²) in [6.45, 7) is 4.29. The molecule has 0 saturated heterocycles. The molecule has 3 heterocycles. The van der Waals surface area contributed by atoms with Crippen LogP contribution in [0.5, 0.6) is 0 Å². The number of aryl methyl sites for hydroxylation is 2. The standard InChI is InChI=1S/C51H35N5O/c1-32-15-12-13-22-39(32)40-27-25-38(29-33(40)2)50-54-49(36-20-10-5-11-21-36)55-51(56-50)41-23-14-24-46-47(41)42-30-37(26-28-45(42)57-46)44-31-43(34-16-6-3-7-17-34)52-48(53-44)35-18-8-4-9-19-35/h3-31H,1-2H3. The smallest absolute Gasteiger partial charge is 0.164 e. The summed E-state index contributed by atoms with van der Waals surface area (Å²) >= 11 is 0. The quantitative estimate of drug-likeness (QED) is 0.162. The van der Waals surface area contributed by atoms with Crippen molar-refractivity contribution in [3.05, 3.63) is 187 Å². The van der Waals surface area contributed by atoms with Crippen LogP contribution in [0, 0.1) is 13.8 Å². The van der Waals surface area contributed by atoms with E-state index >= 15 is 0 Å². The monoisotopic (exact) mass is 733 g/mol. The Kier molecular flexibility index (Phi) is 8.49. The minimum absolute atomic E-state index is 0.568. The minimum atomic E-state index is 0.568. The highest BCUT2D eigenvalue weighted by Crippen LogP contribution is 2.39. The van der Waals surface area contributed by atoms with E-state index in [1.165, 1.54) is 16.7 Å². The summed E-state index contributed by atoms with van der Waals surface area (Å²) in [6, 6.07) is 59.7. The highest BCUT2D eigenvalue weighted by atomic mass is 16.3. The van der Waals surface area contributed by atoms with Crippen LogP contribution in [0.3, 0.4) is 0 Å². The van der Waals surface area contributed by atoms with Gasteiger partial charge < -0.3 is 4.42 Å². The predicted molar refractivity (Wildman–Crippen MR) is 230 cm³/mol. The van der Waals surface area contributed by atoms with Gasteiger partial charge in [-0.15, -0.1) is 0 Å². The zero-order valence-corrected chi connectivity index (χ0v) is 31.4. The molecule has 0 atom stereocenters. The first-order valence-electron chi connectivity index (χ1n) is 19.0. The molecule has 0 amide bonds. The lowest BCUT2D eigenvalue weighted by Gasteiger charge is -2.12. The van der Waals surface area contributed by atoms with Gasteiger partial charge in [0.05, 0.1) is 11.4 Å². The molecule has 270 valence electrons. The van der Waals surface area contributed by atoms with Crippen molar-refractivity contribution < 1.29 is 4.42 Å². The number of hydrogen-bond acceptors (Lipinski definition) is 6. The van der Waals surface area contributed by atoms with Gasteiger partial charge in [-0.2, -0.15) is 0 Å². The molecule has 57 heavy (non-hydrogen) atoms. The van der Waals surface area contributed by atoms with Crippen molar-refractivity contribution in [3.8, 4) is 79.2 Å². The number of furan rings is 1. The van der Waals surface area contributed by atoms with Crippen molar-refractivity contribution in [2.45, 2.75) is 13.8 Å². The Morgan fingerprint density at radius 3 is 1.56 bits per heavy atom. The Labute approximate surface area is 330 Å². The number of fused-ring (bicyclic) bond motifs is 3. The van der Waals surface area contributed by atoms with Crippen LogP contribution in [-0.4, -0.2) is 24.9 Å². The number of hydrogen-bond donors (Lipinski definition) is 0.